The van der Waals surface area contributed by atoms with E-state index in [9.17, 15) is 50.0 Å². The van der Waals surface area contributed by atoms with Crippen LogP contribution in [-0.2, 0) is 18.4 Å². The van der Waals surface area contributed by atoms with Crippen LogP contribution in [0, 0.1) is 0 Å². The van der Waals surface area contributed by atoms with E-state index >= 15 is 0 Å². The van der Waals surface area contributed by atoms with Gasteiger partial charge in [0, 0.05) is 0 Å². The molecule has 0 bridgehead atoms. The van der Waals surface area contributed by atoms with Crippen LogP contribution in [0.2, 0.25) is 0 Å². The molecule has 0 aromatic carbocycles. The van der Waals surface area contributed by atoms with Crippen LogP contribution in [0.3, 0.4) is 0 Å². The quantitative estimate of drug-likeness (QED) is 0.0196. The fourth-order valence-corrected chi connectivity index (χ4v) is 7.08. The Morgan fingerprint density at radius 3 is 1.70 bits per heavy atom. The molecule has 0 aromatic rings. The summed E-state index contributed by atoms with van der Waals surface area (Å²) in [5.74, 6) is -0.610. The minimum absolute atomic E-state index is 0.260. The highest BCUT2D eigenvalue weighted by atomic mass is 31.2. The average Bonchev–Trinajstić information content (AvgIpc) is 3.12. The van der Waals surface area contributed by atoms with Crippen LogP contribution in [0.5, 0.6) is 0 Å². The Labute approximate surface area is 317 Å². The van der Waals surface area contributed by atoms with E-state index < -0.39 is 75.2 Å². The van der Waals surface area contributed by atoms with Crippen molar-refractivity contribution in [3.8, 4) is 0 Å². The number of carbonyl (C=O) groups is 1. The fourth-order valence-electron chi connectivity index (χ4n) is 6.11. The number of aliphatic hydroxyl groups is 7. The molecule has 0 spiro atoms. The normalized spacial score (nSPS) is 25.2. The molecule has 14 heteroatoms. The maximum absolute atomic E-state index is 12.9. The highest BCUT2D eigenvalue weighted by Gasteiger charge is 2.51. The zero-order valence-electron chi connectivity index (χ0n) is 32.2. The second kappa shape index (κ2) is 29.8. The summed E-state index contributed by atoms with van der Waals surface area (Å²) in [6, 6.07) is -1.24. The molecule has 1 amide bonds. The minimum Gasteiger partial charge on any atom is -0.393 e. The number of allylic oxidation sites excluding steroid dienone is 5. The molecular weight excluding hydrogens is 705 g/mol. The van der Waals surface area contributed by atoms with E-state index in [1.807, 2.05) is 0 Å². The van der Waals surface area contributed by atoms with Crippen molar-refractivity contribution in [1.82, 2.24) is 5.32 Å². The van der Waals surface area contributed by atoms with E-state index in [2.05, 4.69) is 43.5 Å². The van der Waals surface area contributed by atoms with Crippen molar-refractivity contribution in [2.24, 2.45) is 0 Å². The topological polar surface area (TPSA) is 226 Å². The number of rotatable bonds is 31. The SMILES string of the molecule is CCCCC/C=C\C=C/CCCCCCC(O)CC(=O)NC(COP(=O)(O)OC1C(O)C(O)C(O)C(O)C1O)C(O)/C=C/CCCCCCCCCC. The lowest BCUT2D eigenvalue weighted by Gasteiger charge is -2.41. The van der Waals surface area contributed by atoms with Crippen LogP contribution in [0.1, 0.15) is 142 Å². The van der Waals surface area contributed by atoms with Crippen molar-refractivity contribution in [2.75, 3.05) is 6.61 Å². The molecular formula is C39H72NO12P. The van der Waals surface area contributed by atoms with E-state index in [0.717, 1.165) is 57.8 Å². The predicted octanol–water partition coefficient (Wildman–Crippen LogP) is 5.02. The third-order valence-corrected chi connectivity index (χ3v) is 10.5. The highest BCUT2D eigenvalue weighted by Crippen LogP contribution is 2.47. The van der Waals surface area contributed by atoms with E-state index in [1.54, 1.807) is 6.08 Å². The van der Waals surface area contributed by atoms with Gasteiger partial charge in [-0.1, -0.05) is 127 Å². The molecule has 1 aliphatic rings. The Kier molecular flexibility index (Phi) is 27.8. The predicted molar refractivity (Wildman–Crippen MR) is 206 cm³/mol. The Bertz CT molecular complexity index is 1060. The van der Waals surface area contributed by atoms with Crippen LogP contribution in [-0.4, -0.2) is 108 Å². The van der Waals surface area contributed by atoms with Gasteiger partial charge in [-0.05, 0) is 44.9 Å². The monoisotopic (exact) mass is 777 g/mol. The third kappa shape index (κ3) is 22.6. The standard InChI is InChI=1S/C39H72NO12P/c1-3-5-7-9-11-13-15-16-17-18-20-22-24-26-30(41)28-33(43)40-31(32(42)27-25-23-21-19-14-12-10-8-6-4-2)29-51-53(49,50)52-39-37(47)35(45)34(44)36(46)38(39)48/h11,13,15-16,25,27,30-32,34-39,41-42,44-48H,3-10,12,14,17-24,26,28-29H2,1-2H3,(H,40,43)(H,49,50)/b13-11-,16-15-,27-25+. The van der Waals surface area contributed by atoms with Crippen molar-refractivity contribution in [3.05, 3.63) is 36.5 Å². The van der Waals surface area contributed by atoms with Gasteiger partial charge in [0.05, 0.1) is 31.3 Å². The molecule has 0 aromatic heterocycles. The lowest BCUT2D eigenvalue weighted by Crippen LogP contribution is -2.64. The molecule has 53 heavy (non-hydrogen) atoms. The maximum atomic E-state index is 12.9. The maximum Gasteiger partial charge on any atom is 0.472 e. The van der Waals surface area contributed by atoms with Crippen molar-refractivity contribution in [3.63, 3.8) is 0 Å². The number of hydrogen-bond donors (Lipinski definition) is 9. The molecule has 0 aliphatic heterocycles. The minimum atomic E-state index is -5.13. The molecule has 0 heterocycles. The molecule has 8 atom stereocenters. The van der Waals surface area contributed by atoms with Gasteiger partial charge in [-0.3, -0.25) is 13.8 Å². The number of amides is 1. The summed E-state index contributed by atoms with van der Waals surface area (Å²) >= 11 is 0. The second-order valence-corrected chi connectivity index (χ2v) is 15.8. The molecule has 0 radical (unpaired) electrons. The largest absolute Gasteiger partial charge is 0.472 e. The number of phosphoric acid groups is 1. The summed E-state index contributed by atoms with van der Waals surface area (Å²) in [4.78, 5) is 23.3. The van der Waals surface area contributed by atoms with Gasteiger partial charge in [0.1, 0.15) is 36.6 Å². The van der Waals surface area contributed by atoms with Gasteiger partial charge in [-0.25, -0.2) is 4.57 Å². The Hall–Kier alpha value is -1.48. The first kappa shape index (κ1) is 49.5. The molecule has 9 N–H and O–H groups in total. The summed E-state index contributed by atoms with van der Waals surface area (Å²) < 4.78 is 22.7. The van der Waals surface area contributed by atoms with Crippen molar-refractivity contribution >= 4 is 13.7 Å². The summed E-state index contributed by atoms with van der Waals surface area (Å²) in [5, 5.41) is 74.0. The molecule has 1 fully saturated rings. The van der Waals surface area contributed by atoms with Crippen LogP contribution < -0.4 is 5.32 Å². The second-order valence-electron chi connectivity index (χ2n) is 14.3. The lowest BCUT2D eigenvalue weighted by molar-refractivity contribution is -0.220. The van der Waals surface area contributed by atoms with Crippen LogP contribution in [0.15, 0.2) is 36.5 Å². The zero-order chi connectivity index (χ0) is 39.5. The summed E-state index contributed by atoms with van der Waals surface area (Å²) in [6.45, 7) is 3.63. The number of phosphoric ester groups is 1. The number of hydrogen-bond acceptors (Lipinski definition) is 11. The van der Waals surface area contributed by atoms with E-state index in [1.165, 1.54) is 57.4 Å². The molecule has 1 rings (SSSR count). The Morgan fingerprint density at radius 1 is 0.679 bits per heavy atom. The van der Waals surface area contributed by atoms with Crippen molar-refractivity contribution in [2.45, 2.75) is 197 Å². The molecule has 13 nitrogen and oxygen atoms in total. The first-order valence-corrected chi connectivity index (χ1v) is 21.5. The van der Waals surface area contributed by atoms with Gasteiger partial charge in [0.15, 0.2) is 0 Å². The molecule has 0 saturated heterocycles. The van der Waals surface area contributed by atoms with Gasteiger partial charge in [-0.2, -0.15) is 0 Å². The fraction of sp³-hybridized carbons (Fsp3) is 0.821. The van der Waals surface area contributed by atoms with Crippen LogP contribution in [0.4, 0.5) is 0 Å². The smallest absolute Gasteiger partial charge is 0.393 e. The Morgan fingerprint density at radius 2 is 1.13 bits per heavy atom. The highest BCUT2D eigenvalue weighted by molar-refractivity contribution is 7.47. The summed E-state index contributed by atoms with van der Waals surface area (Å²) in [5.41, 5.74) is 0. The summed E-state index contributed by atoms with van der Waals surface area (Å²) in [7, 11) is -5.13. The van der Waals surface area contributed by atoms with E-state index in [4.69, 9.17) is 9.05 Å². The first-order valence-electron chi connectivity index (χ1n) is 20.0. The zero-order valence-corrected chi connectivity index (χ0v) is 33.1. The van der Waals surface area contributed by atoms with E-state index in [0.29, 0.717) is 12.8 Å². The molecule has 310 valence electrons. The number of carbonyl (C=O) groups excluding carboxylic acids is 1. The molecule has 1 aliphatic carbocycles. The summed E-state index contributed by atoms with van der Waals surface area (Å²) in [6.07, 6.45) is 16.9. The number of unbranched alkanes of at least 4 members (excludes halogenated alkanes) is 15. The van der Waals surface area contributed by atoms with Gasteiger partial charge < -0.3 is 46.0 Å². The molecule has 8 unspecified atom stereocenters. The Balaban J connectivity index is 2.65. The number of nitrogens with one attached hydrogen (secondary N) is 1. The van der Waals surface area contributed by atoms with Crippen LogP contribution in [0.25, 0.3) is 0 Å². The van der Waals surface area contributed by atoms with Crippen molar-refractivity contribution < 1.29 is 59.0 Å². The van der Waals surface area contributed by atoms with Gasteiger partial charge in [-0.15, -0.1) is 0 Å². The molecule has 1 saturated carbocycles. The van der Waals surface area contributed by atoms with Crippen LogP contribution >= 0.6 is 7.82 Å². The first-order chi connectivity index (χ1) is 25.3. The van der Waals surface area contributed by atoms with Crippen molar-refractivity contribution in [1.29, 1.82) is 0 Å². The van der Waals surface area contributed by atoms with Gasteiger partial charge in [0.25, 0.3) is 0 Å². The van der Waals surface area contributed by atoms with E-state index in [-0.39, 0.29) is 6.42 Å². The van der Waals surface area contributed by atoms with Gasteiger partial charge >= 0.3 is 7.82 Å². The average molecular weight is 778 g/mol. The van der Waals surface area contributed by atoms with Gasteiger partial charge in [0.2, 0.25) is 5.91 Å². The third-order valence-electron chi connectivity index (χ3n) is 9.50. The number of aliphatic hydroxyl groups excluding tert-OH is 7. The lowest BCUT2D eigenvalue weighted by atomic mass is 9.85.